The highest BCUT2D eigenvalue weighted by Crippen LogP contribution is 2.30. The molecule has 0 aromatic heterocycles. The number of carbonyl (C=O) groups excluding carboxylic acids is 2. The summed E-state index contributed by atoms with van der Waals surface area (Å²) in [5, 5.41) is 0.816. The first-order valence-corrected chi connectivity index (χ1v) is 7.57. The van der Waals surface area contributed by atoms with Crippen molar-refractivity contribution in [2.45, 2.75) is 19.0 Å². The molecule has 5 nitrogen and oxygen atoms in total. The molecule has 1 aliphatic rings. The van der Waals surface area contributed by atoms with Gasteiger partial charge in [0.15, 0.2) is 6.04 Å². The standard InChI is InChI=1S/C14H15Cl2F2N3O2/c1-21(6-8-2-3-9(15)4-10(8)16)7-11(13(19)22)20(14(21)23)5-12(17)18/h2-4,11-12H,5-7H2,1H3,(H-,19,22)/p+1. The number of carbonyl (C=O) groups is 2. The van der Waals surface area contributed by atoms with Gasteiger partial charge in [-0.05, 0) is 12.1 Å². The van der Waals surface area contributed by atoms with Crippen LogP contribution in [-0.2, 0) is 11.3 Å². The smallest absolute Gasteiger partial charge is 0.368 e. The summed E-state index contributed by atoms with van der Waals surface area (Å²) < 4.78 is 25.1. The van der Waals surface area contributed by atoms with E-state index in [4.69, 9.17) is 28.9 Å². The number of alkyl halides is 2. The number of halogens is 4. The molecular formula is C14H16Cl2F2N3O2+. The van der Waals surface area contributed by atoms with Gasteiger partial charge in [-0.1, -0.05) is 29.3 Å². The van der Waals surface area contributed by atoms with Gasteiger partial charge < -0.3 is 5.73 Å². The number of likely N-dealkylation sites (N-methyl/N-ethyl adjacent to an activating group) is 1. The van der Waals surface area contributed by atoms with Crippen LogP contribution in [-0.4, -0.2) is 53.9 Å². The highest BCUT2D eigenvalue weighted by Gasteiger charge is 2.52. The lowest BCUT2D eigenvalue weighted by Crippen LogP contribution is -2.47. The van der Waals surface area contributed by atoms with Crippen molar-refractivity contribution in [2.75, 3.05) is 20.1 Å². The average Bonchev–Trinajstić information content (AvgIpc) is 2.67. The van der Waals surface area contributed by atoms with Gasteiger partial charge in [-0.2, -0.15) is 0 Å². The largest absolute Gasteiger partial charge is 0.420 e. The molecule has 1 fully saturated rings. The Morgan fingerprint density at radius 3 is 2.65 bits per heavy atom. The molecule has 1 aliphatic heterocycles. The van der Waals surface area contributed by atoms with Crippen LogP contribution in [0.3, 0.4) is 0 Å². The van der Waals surface area contributed by atoms with Gasteiger partial charge in [0.1, 0.15) is 13.1 Å². The van der Waals surface area contributed by atoms with Gasteiger partial charge in [-0.3, -0.25) is 9.69 Å². The van der Waals surface area contributed by atoms with Crippen molar-refractivity contribution in [3.05, 3.63) is 33.8 Å². The number of urea groups is 1. The molecule has 0 radical (unpaired) electrons. The number of nitrogens with zero attached hydrogens (tertiary/aromatic N) is 2. The van der Waals surface area contributed by atoms with Gasteiger partial charge in [0.2, 0.25) is 5.91 Å². The Morgan fingerprint density at radius 1 is 1.48 bits per heavy atom. The molecule has 2 N–H and O–H groups in total. The lowest BCUT2D eigenvalue weighted by molar-refractivity contribution is -0.835. The van der Waals surface area contributed by atoms with E-state index in [1.54, 1.807) is 19.2 Å². The highest BCUT2D eigenvalue weighted by atomic mass is 35.5. The van der Waals surface area contributed by atoms with Crippen molar-refractivity contribution in [3.8, 4) is 0 Å². The molecule has 3 amide bonds. The molecule has 1 aromatic carbocycles. The Hall–Kier alpha value is -1.44. The third-order valence-corrected chi connectivity index (χ3v) is 4.44. The Bertz CT molecular complexity index is 644. The SMILES string of the molecule is C[N+]1(Cc2ccc(Cl)cc2Cl)CC(C(N)=O)N(CC(F)F)C1=O. The van der Waals surface area contributed by atoms with Crippen LogP contribution in [0.4, 0.5) is 13.6 Å². The van der Waals surface area contributed by atoms with E-state index >= 15 is 0 Å². The third kappa shape index (κ3) is 3.73. The number of hydrogen-bond donors (Lipinski definition) is 1. The normalized spacial score (nSPS) is 24.5. The predicted octanol–water partition coefficient (Wildman–Crippen LogP) is 2.49. The number of benzene rings is 1. The molecule has 0 aliphatic carbocycles. The maximum Gasteiger partial charge on any atom is 0.420 e. The minimum atomic E-state index is -2.74. The summed E-state index contributed by atoms with van der Waals surface area (Å²) in [6, 6.07) is 3.18. The second-order valence-corrected chi connectivity index (χ2v) is 6.56. The number of hydrogen-bond acceptors (Lipinski definition) is 2. The summed E-state index contributed by atoms with van der Waals surface area (Å²) in [5.74, 6) is -0.803. The predicted molar refractivity (Wildman–Crippen MR) is 82.3 cm³/mol. The van der Waals surface area contributed by atoms with Crippen LogP contribution in [0.5, 0.6) is 0 Å². The van der Waals surface area contributed by atoms with Gasteiger partial charge in [-0.25, -0.2) is 18.1 Å². The Balaban J connectivity index is 2.29. The molecule has 126 valence electrons. The molecule has 0 spiro atoms. The first-order valence-electron chi connectivity index (χ1n) is 6.81. The summed E-state index contributed by atoms with van der Waals surface area (Å²) in [7, 11) is 1.56. The van der Waals surface area contributed by atoms with Crippen molar-refractivity contribution in [1.29, 1.82) is 0 Å². The molecule has 23 heavy (non-hydrogen) atoms. The lowest BCUT2D eigenvalue weighted by atomic mass is 10.2. The van der Waals surface area contributed by atoms with Crippen LogP contribution in [0, 0.1) is 0 Å². The van der Waals surface area contributed by atoms with E-state index in [0.29, 0.717) is 15.6 Å². The summed E-state index contributed by atoms with van der Waals surface area (Å²) in [6.07, 6.45) is -2.74. The second-order valence-electron chi connectivity index (χ2n) is 5.72. The topological polar surface area (TPSA) is 63.4 Å². The molecular weight excluding hydrogens is 351 g/mol. The number of primary amides is 1. The van der Waals surface area contributed by atoms with Crippen LogP contribution >= 0.6 is 23.2 Å². The van der Waals surface area contributed by atoms with Crippen molar-refractivity contribution in [2.24, 2.45) is 5.73 Å². The first-order chi connectivity index (χ1) is 10.6. The van der Waals surface area contributed by atoms with Gasteiger partial charge >= 0.3 is 6.03 Å². The quantitative estimate of drug-likeness (QED) is 0.813. The average molecular weight is 367 g/mol. The zero-order valence-corrected chi connectivity index (χ0v) is 13.8. The molecule has 0 saturated carbocycles. The molecule has 1 saturated heterocycles. The minimum absolute atomic E-state index is 0.0137. The Morgan fingerprint density at radius 2 is 2.13 bits per heavy atom. The number of quaternary nitrogens is 1. The molecule has 2 rings (SSSR count). The van der Waals surface area contributed by atoms with E-state index in [-0.39, 0.29) is 17.6 Å². The Labute approximate surface area is 142 Å². The number of nitrogens with two attached hydrogens (primary N) is 1. The minimum Gasteiger partial charge on any atom is -0.368 e. The van der Waals surface area contributed by atoms with Crippen LogP contribution in [0.2, 0.25) is 10.0 Å². The van der Waals surface area contributed by atoms with Crippen LogP contribution in [0.1, 0.15) is 5.56 Å². The summed E-state index contributed by atoms with van der Waals surface area (Å²) >= 11 is 11.9. The van der Waals surface area contributed by atoms with Crippen molar-refractivity contribution in [3.63, 3.8) is 0 Å². The molecule has 1 aromatic rings. The molecule has 1 heterocycles. The van der Waals surface area contributed by atoms with Crippen molar-refractivity contribution < 1.29 is 22.9 Å². The number of amides is 3. The fraction of sp³-hybridized carbons (Fsp3) is 0.429. The monoisotopic (exact) mass is 366 g/mol. The highest BCUT2D eigenvalue weighted by molar-refractivity contribution is 6.35. The zero-order valence-electron chi connectivity index (χ0n) is 12.3. The number of rotatable bonds is 5. The third-order valence-electron chi connectivity index (χ3n) is 3.86. The second kappa shape index (κ2) is 6.59. The van der Waals surface area contributed by atoms with Crippen LogP contribution < -0.4 is 5.73 Å². The van der Waals surface area contributed by atoms with E-state index in [0.717, 1.165) is 4.90 Å². The van der Waals surface area contributed by atoms with E-state index in [1.807, 2.05) is 0 Å². The first kappa shape index (κ1) is 17.9. The van der Waals surface area contributed by atoms with Gasteiger partial charge in [-0.15, -0.1) is 0 Å². The fourth-order valence-electron chi connectivity index (χ4n) is 2.76. The van der Waals surface area contributed by atoms with Crippen molar-refractivity contribution >= 4 is 35.1 Å². The van der Waals surface area contributed by atoms with Crippen LogP contribution in [0.25, 0.3) is 0 Å². The van der Waals surface area contributed by atoms with E-state index in [2.05, 4.69) is 0 Å². The summed E-state index contributed by atoms with van der Waals surface area (Å²) in [5.41, 5.74) is 5.89. The van der Waals surface area contributed by atoms with E-state index < -0.39 is 31.0 Å². The van der Waals surface area contributed by atoms with E-state index in [9.17, 15) is 18.4 Å². The Kier molecular flexibility index (Phi) is 5.13. The summed E-state index contributed by atoms with van der Waals surface area (Å²) in [6.45, 7) is -0.660. The lowest BCUT2D eigenvalue weighted by Gasteiger charge is -2.26. The molecule has 2 atom stereocenters. The van der Waals surface area contributed by atoms with Crippen molar-refractivity contribution in [1.82, 2.24) is 4.90 Å². The molecule has 0 bridgehead atoms. The molecule has 2 unspecified atom stereocenters. The maximum atomic E-state index is 12.7. The summed E-state index contributed by atoms with van der Waals surface area (Å²) in [4.78, 5) is 24.9. The van der Waals surface area contributed by atoms with Gasteiger partial charge in [0.05, 0.1) is 18.6 Å². The molecule has 9 heteroatoms. The van der Waals surface area contributed by atoms with Gasteiger partial charge in [0, 0.05) is 10.6 Å². The van der Waals surface area contributed by atoms with E-state index in [1.165, 1.54) is 6.07 Å². The zero-order chi connectivity index (χ0) is 17.4. The van der Waals surface area contributed by atoms with Crippen LogP contribution in [0.15, 0.2) is 18.2 Å². The van der Waals surface area contributed by atoms with Gasteiger partial charge in [0.25, 0.3) is 6.43 Å². The fourth-order valence-corrected chi connectivity index (χ4v) is 3.23. The maximum absolute atomic E-state index is 12.7.